The zero-order valence-corrected chi connectivity index (χ0v) is 14.0. The summed E-state index contributed by atoms with van der Waals surface area (Å²) in [6, 6.07) is 0.0929. The maximum absolute atomic E-state index is 12.7. The first-order valence-electron chi connectivity index (χ1n) is 7.93. The van der Waals surface area contributed by atoms with E-state index in [0.29, 0.717) is 17.6 Å². The Balaban J connectivity index is 3.01. The van der Waals surface area contributed by atoms with Crippen molar-refractivity contribution in [2.75, 3.05) is 7.05 Å². The molecule has 0 radical (unpaired) electrons. The van der Waals surface area contributed by atoms with E-state index in [-0.39, 0.29) is 17.5 Å². The molecule has 2 heteroatoms. The van der Waals surface area contributed by atoms with Gasteiger partial charge in [0.25, 0.3) is 0 Å². The van der Waals surface area contributed by atoms with E-state index in [1.807, 2.05) is 13.8 Å². The number of hydrogen-bond donors (Lipinski definition) is 0. The Hall–Kier alpha value is -0.370. The van der Waals surface area contributed by atoms with Crippen LogP contribution in [-0.2, 0) is 4.79 Å². The summed E-state index contributed by atoms with van der Waals surface area (Å²) >= 11 is 0. The largest absolute Gasteiger partial charge is 0.298 e. The van der Waals surface area contributed by atoms with Crippen LogP contribution >= 0.6 is 0 Å². The summed E-state index contributed by atoms with van der Waals surface area (Å²) in [5.41, 5.74) is 0.0480. The molecule has 0 aromatic carbocycles. The highest BCUT2D eigenvalue weighted by atomic mass is 16.1. The molecule has 0 heterocycles. The van der Waals surface area contributed by atoms with Crippen molar-refractivity contribution in [1.29, 1.82) is 0 Å². The number of ketones is 1. The molecule has 0 bridgehead atoms. The van der Waals surface area contributed by atoms with Crippen LogP contribution < -0.4 is 0 Å². The van der Waals surface area contributed by atoms with E-state index >= 15 is 0 Å². The van der Waals surface area contributed by atoms with E-state index in [9.17, 15) is 4.79 Å². The minimum atomic E-state index is 0.0480. The molecule has 112 valence electrons. The van der Waals surface area contributed by atoms with Crippen molar-refractivity contribution in [3.8, 4) is 0 Å². The fraction of sp³-hybridized carbons (Fsp3) is 0.941. The molecular formula is C17H33NO. The molecule has 1 rings (SSSR count). The van der Waals surface area contributed by atoms with E-state index in [2.05, 4.69) is 39.6 Å². The van der Waals surface area contributed by atoms with Crippen molar-refractivity contribution in [2.24, 2.45) is 17.8 Å². The summed E-state index contributed by atoms with van der Waals surface area (Å²) in [6.07, 6.45) is 5.11. The Morgan fingerprint density at radius 2 is 1.68 bits per heavy atom. The number of hydrogen-bond acceptors (Lipinski definition) is 2. The maximum atomic E-state index is 12.7. The van der Waals surface area contributed by atoms with Crippen molar-refractivity contribution >= 4 is 5.78 Å². The summed E-state index contributed by atoms with van der Waals surface area (Å²) in [5.74, 6) is 1.76. The van der Waals surface area contributed by atoms with Crippen molar-refractivity contribution in [2.45, 2.75) is 78.8 Å². The normalized spacial score (nSPS) is 26.8. The van der Waals surface area contributed by atoms with Gasteiger partial charge < -0.3 is 0 Å². The van der Waals surface area contributed by atoms with E-state index in [4.69, 9.17) is 0 Å². The number of likely N-dealkylation sites (N-methyl/N-ethyl adjacent to an activating group) is 1. The van der Waals surface area contributed by atoms with Crippen LogP contribution in [0.15, 0.2) is 0 Å². The number of nitrogens with zero attached hydrogens (tertiary/aromatic N) is 1. The summed E-state index contributed by atoms with van der Waals surface area (Å²) in [4.78, 5) is 15.1. The molecule has 0 N–H and O–H groups in total. The summed E-state index contributed by atoms with van der Waals surface area (Å²) in [6.45, 7) is 13.0. The van der Waals surface area contributed by atoms with Gasteiger partial charge in [-0.3, -0.25) is 9.69 Å². The molecule has 0 saturated heterocycles. The van der Waals surface area contributed by atoms with E-state index in [1.165, 1.54) is 25.7 Å². The smallest absolute Gasteiger partial charge is 0.152 e. The average Bonchev–Trinajstić information content (AvgIpc) is 2.30. The lowest BCUT2D eigenvalue weighted by Crippen LogP contribution is -2.55. The van der Waals surface area contributed by atoms with Crippen molar-refractivity contribution in [1.82, 2.24) is 4.90 Å². The number of carbonyl (C=O) groups excluding carboxylic acids is 1. The zero-order chi connectivity index (χ0) is 14.8. The average molecular weight is 267 g/mol. The molecule has 0 aromatic heterocycles. The van der Waals surface area contributed by atoms with Gasteiger partial charge in [-0.1, -0.05) is 40.0 Å². The molecule has 0 amide bonds. The van der Waals surface area contributed by atoms with Gasteiger partial charge in [-0.2, -0.15) is 0 Å². The topological polar surface area (TPSA) is 20.3 Å². The monoisotopic (exact) mass is 267 g/mol. The lowest BCUT2D eigenvalue weighted by atomic mass is 9.72. The van der Waals surface area contributed by atoms with Gasteiger partial charge in [0.05, 0.1) is 6.04 Å². The predicted molar refractivity (Wildman–Crippen MR) is 82.3 cm³/mol. The van der Waals surface area contributed by atoms with Crippen LogP contribution in [-0.4, -0.2) is 29.3 Å². The van der Waals surface area contributed by atoms with E-state index < -0.39 is 0 Å². The van der Waals surface area contributed by atoms with Gasteiger partial charge in [0, 0.05) is 11.5 Å². The molecule has 3 atom stereocenters. The van der Waals surface area contributed by atoms with Crippen molar-refractivity contribution in [3.63, 3.8) is 0 Å². The second-order valence-corrected chi connectivity index (χ2v) is 7.71. The Morgan fingerprint density at radius 3 is 2.11 bits per heavy atom. The predicted octanol–water partition coefficient (Wildman–Crippen LogP) is 4.14. The van der Waals surface area contributed by atoms with Gasteiger partial charge in [0.2, 0.25) is 0 Å². The van der Waals surface area contributed by atoms with E-state index in [0.717, 1.165) is 0 Å². The van der Waals surface area contributed by atoms with Crippen molar-refractivity contribution in [3.05, 3.63) is 0 Å². The molecule has 2 nitrogen and oxygen atoms in total. The fourth-order valence-electron chi connectivity index (χ4n) is 3.26. The third-order valence-corrected chi connectivity index (χ3v) is 4.92. The first-order chi connectivity index (χ1) is 8.66. The minimum absolute atomic E-state index is 0.0480. The SMILES string of the molecule is CC(C)C(=O)C(C1CCCCC1C)N(C)C(C)(C)C. The highest BCUT2D eigenvalue weighted by Crippen LogP contribution is 2.36. The van der Waals surface area contributed by atoms with Gasteiger partial charge in [-0.05, 0) is 46.1 Å². The third-order valence-electron chi connectivity index (χ3n) is 4.92. The van der Waals surface area contributed by atoms with E-state index in [1.54, 1.807) is 0 Å². The van der Waals surface area contributed by atoms with Gasteiger partial charge in [0.1, 0.15) is 0 Å². The molecular weight excluding hydrogens is 234 g/mol. The Labute approximate surface area is 119 Å². The first kappa shape index (κ1) is 16.7. The first-order valence-corrected chi connectivity index (χ1v) is 7.93. The molecule has 1 saturated carbocycles. The molecule has 3 unspecified atom stereocenters. The quantitative estimate of drug-likeness (QED) is 0.763. The molecule has 1 fully saturated rings. The summed E-state index contributed by atoms with van der Waals surface area (Å²) < 4.78 is 0. The summed E-state index contributed by atoms with van der Waals surface area (Å²) in [7, 11) is 2.13. The minimum Gasteiger partial charge on any atom is -0.298 e. The molecule has 1 aliphatic carbocycles. The highest BCUT2D eigenvalue weighted by Gasteiger charge is 2.40. The van der Waals surface area contributed by atoms with Crippen molar-refractivity contribution < 1.29 is 4.79 Å². The standard InChI is InChI=1S/C17H33NO/c1-12(2)16(19)15(18(7)17(4,5)6)14-11-9-8-10-13(14)3/h12-15H,8-11H2,1-7H3. The third kappa shape index (κ3) is 4.05. The summed E-state index contributed by atoms with van der Waals surface area (Å²) in [5, 5.41) is 0. The second-order valence-electron chi connectivity index (χ2n) is 7.71. The van der Waals surface area contributed by atoms with Crippen LogP contribution in [0.3, 0.4) is 0 Å². The molecule has 0 spiro atoms. The van der Waals surface area contributed by atoms with Gasteiger partial charge in [-0.15, -0.1) is 0 Å². The van der Waals surface area contributed by atoms with Crippen LogP contribution in [0.25, 0.3) is 0 Å². The second kappa shape index (κ2) is 6.39. The van der Waals surface area contributed by atoms with Crippen LogP contribution in [0.1, 0.15) is 67.2 Å². The van der Waals surface area contributed by atoms with Gasteiger partial charge in [-0.25, -0.2) is 0 Å². The Bertz CT molecular complexity index is 303. The fourth-order valence-corrected chi connectivity index (χ4v) is 3.26. The lowest BCUT2D eigenvalue weighted by Gasteiger charge is -2.45. The van der Waals surface area contributed by atoms with Gasteiger partial charge in [0.15, 0.2) is 5.78 Å². The van der Waals surface area contributed by atoms with Crippen LogP contribution in [0.4, 0.5) is 0 Å². The van der Waals surface area contributed by atoms with Crippen LogP contribution in [0.2, 0.25) is 0 Å². The molecule has 0 aromatic rings. The lowest BCUT2D eigenvalue weighted by molar-refractivity contribution is -0.132. The highest BCUT2D eigenvalue weighted by molar-refractivity contribution is 5.86. The van der Waals surface area contributed by atoms with Gasteiger partial charge >= 0.3 is 0 Å². The molecule has 1 aliphatic rings. The number of carbonyl (C=O) groups is 1. The zero-order valence-electron chi connectivity index (χ0n) is 14.0. The van der Waals surface area contributed by atoms with Crippen LogP contribution in [0.5, 0.6) is 0 Å². The Kier molecular flexibility index (Phi) is 5.61. The maximum Gasteiger partial charge on any atom is 0.152 e. The molecule has 19 heavy (non-hydrogen) atoms. The van der Waals surface area contributed by atoms with Crippen LogP contribution in [0, 0.1) is 17.8 Å². The molecule has 0 aliphatic heterocycles. The Morgan fingerprint density at radius 1 is 1.16 bits per heavy atom. The number of rotatable bonds is 4. The number of Topliss-reactive ketones (excluding diaryl/α,β-unsaturated/α-hetero) is 1.